The molecule has 0 aliphatic heterocycles. The van der Waals surface area contributed by atoms with Crippen molar-refractivity contribution in [2.45, 2.75) is 55.4 Å². The maximum Gasteiger partial charge on any atom is -0.000720 e. The van der Waals surface area contributed by atoms with Gasteiger partial charge in [0.1, 0.15) is 0 Å². The van der Waals surface area contributed by atoms with Crippen LogP contribution in [-0.4, -0.2) is 0 Å². The summed E-state index contributed by atoms with van der Waals surface area (Å²) in [4.78, 5) is 0. The molecule has 13 aromatic carbocycles. The van der Waals surface area contributed by atoms with Gasteiger partial charge in [0, 0.05) is 0 Å². The molecule has 0 atom stereocenters. The van der Waals surface area contributed by atoms with Crippen molar-refractivity contribution >= 4 is 43.1 Å². The molecule has 370 valence electrons. The van der Waals surface area contributed by atoms with E-state index >= 15 is 0 Å². The third-order valence-corrected chi connectivity index (χ3v) is 18.1. The zero-order valence-corrected chi connectivity index (χ0v) is 45.6. The highest BCUT2D eigenvalue weighted by atomic mass is 14.4. The molecule has 0 aromatic heterocycles. The number of hydrogen-bond donors (Lipinski definition) is 0. The van der Waals surface area contributed by atoms with Gasteiger partial charge in [-0.3, -0.25) is 0 Å². The molecule has 0 heteroatoms. The van der Waals surface area contributed by atoms with E-state index in [9.17, 15) is 0 Å². The van der Waals surface area contributed by atoms with E-state index in [2.05, 4.69) is 262 Å². The lowest BCUT2D eigenvalue weighted by molar-refractivity contribution is 1.33. The van der Waals surface area contributed by atoms with Crippen molar-refractivity contribution in [3.63, 3.8) is 0 Å². The number of benzene rings is 13. The van der Waals surface area contributed by atoms with Crippen molar-refractivity contribution in [1.29, 1.82) is 0 Å². The monoisotopic (exact) mass is 994 g/mol. The van der Waals surface area contributed by atoms with Gasteiger partial charge in [0.2, 0.25) is 0 Å². The molecule has 0 saturated carbocycles. The SMILES string of the molecule is Cc1cccc(C)c1-c1ccc(C)c(-c2c3c(c(-c4ccccc4)c4ccccc24)-c2ccc4c5c(ccc-3c25)-c2c-4c(-c3c(C)ccc(-c4c(C)cccc4C)c3C)c3cc4ccccc4cc3c2-c2ccccc2)c1C. The minimum atomic E-state index is 1.23. The summed E-state index contributed by atoms with van der Waals surface area (Å²) in [6.45, 7) is 18.5. The number of aryl methyl sites for hydroxylation is 6. The first-order valence-corrected chi connectivity index (χ1v) is 27.8. The first kappa shape index (κ1) is 46.2. The van der Waals surface area contributed by atoms with Crippen LogP contribution in [0.2, 0.25) is 0 Å². The summed E-state index contributed by atoms with van der Waals surface area (Å²) in [6.07, 6.45) is 0. The molecule has 78 heavy (non-hydrogen) atoms. The van der Waals surface area contributed by atoms with Crippen LogP contribution in [0.15, 0.2) is 206 Å². The van der Waals surface area contributed by atoms with E-state index in [0.29, 0.717) is 0 Å². The Kier molecular flexibility index (Phi) is 10.2. The molecule has 0 radical (unpaired) electrons. The van der Waals surface area contributed by atoms with E-state index < -0.39 is 0 Å². The molecule has 0 bridgehead atoms. The number of hydrogen-bond acceptors (Lipinski definition) is 0. The normalized spacial score (nSPS) is 12.1. The smallest absolute Gasteiger partial charge is 0.000720 e. The van der Waals surface area contributed by atoms with Crippen molar-refractivity contribution in [3.8, 4) is 111 Å². The Morgan fingerprint density at radius 1 is 0.192 bits per heavy atom. The summed E-state index contributed by atoms with van der Waals surface area (Å²) in [7, 11) is 0. The average molecular weight is 995 g/mol. The topological polar surface area (TPSA) is 0 Å². The van der Waals surface area contributed by atoms with Gasteiger partial charge in [-0.2, -0.15) is 0 Å². The Morgan fingerprint density at radius 2 is 0.500 bits per heavy atom. The molecular formula is C78H58. The summed E-state index contributed by atoms with van der Waals surface area (Å²) in [6, 6.07) is 78.6. The fourth-order valence-electron chi connectivity index (χ4n) is 14.8. The second-order valence-electron chi connectivity index (χ2n) is 22.5. The summed E-state index contributed by atoms with van der Waals surface area (Å²) >= 11 is 0. The Hall–Kier alpha value is -9.10. The van der Waals surface area contributed by atoms with Crippen molar-refractivity contribution in [3.05, 3.63) is 251 Å². The van der Waals surface area contributed by atoms with Crippen LogP contribution in [-0.2, 0) is 0 Å². The molecule has 0 unspecified atom stereocenters. The zero-order valence-electron chi connectivity index (χ0n) is 45.6. The minimum absolute atomic E-state index is 1.23. The lowest BCUT2D eigenvalue weighted by Gasteiger charge is -2.25. The maximum absolute atomic E-state index is 2.51. The summed E-state index contributed by atoms with van der Waals surface area (Å²) in [5.74, 6) is 0. The number of fused-ring (bicyclic) bond motifs is 9. The van der Waals surface area contributed by atoms with E-state index in [1.807, 2.05) is 0 Å². The van der Waals surface area contributed by atoms with Gasteiger partial charge in [0.25, 0.3) is 0 Å². The second kappa shape index (κ2) is 17.2. The lowest BCUT2D eigenvalue weighted by Crippen LogP contribution is -2.00. The molecule has 0 amide bonds. The predicted molar refractivity (Wildman–Crippen MR) is 336 cm³/mol. The molecule has 0 spiro atoms. The molecule has 0 saturated heterocycles. The fraction of sp³-hybridized carbons (Fsp3) is 0.103. The van der Waals surface area contributed by atoms with Gasteiger partial charge >= 0.3 is 0 Å². The Morgan fingerprint density at radius 3 is 0.923 bits per heavy atom. The Bertz CT molecular complexity index is 4730. The van der Waals surface area contributed by atoms with Crippen molar-refractivity contribution in [2.75, 3.05) is 0 Å². The molecule has 0 fully saturated rings. The van der Waals surface area contributed by atoms with E-state index in [4.69, 9.17) is 0 Å². The highest BCUT2D eigenvalue weighted by Crippen LogP contribution is 2.65. The van der Waals surface area contributed by atoms with Crippen molar-refractivity contribution < 1.29 is 0 Å². The highest BCUT2D eigenvalue weighted by molar-refractivity contribution is 6.36. The van der Waals surface area contributed by atoms with Crippen LogP contribution < -0.4 is 0 Å². The zero-order chi connectivity index (χ0) is 52.8. The third kappa shape index (κ3) is 6.41. The summed E-state index contributed by atoms with van der Waals surface area (Å²) < 4.78 is 0. The van der Waals surface area contributed by atoms with Crippen LogP contribution in [0.1, 0.15) is 44.5 Å². The summed E-state index contributed by atoms with van der Waals surface area (Å²) in [5, 5.41) is 10.3. The molecule has 15 rings (SSSR count). The van der Waals surface area contributed by atoms with Gasteiger partial charge in [0.15, 0.2) is 0 Å². The van der Waals surface area contributed by atoms with Gasteiger partial charge in [-0.1, -0.05) is 194 Å². The van der Waals surface area contributed by atoms with Crippen LogP contribution in [0.4, 0.5) is 0 Å². The van der Waals surface area contributed by atoms with Gasteiger partial charge < -0.3 is 0 Å². The van der Waals surface area contributed by atoms with Gasteiger partial charge in [-0.25, -0.2) is 0 Å². The Balaban J connectivity index is 1.12. The number of rotatable bonds is 6. The first-order valence-electron chi connectivity index (χ1n) is 27.8. The predicted octanol–water partition coefficient (Wildman–Crippen LogP) is 22.1. The largest absolute Gasteiger partial charge is 0.0622 e. The van der Waals surface area contributed by atoms with E-state index in [1.165, 1.54) is 199 Å². The van der Waals surface area contributed by atoms with E-state index in [0.717, 1.165) is 0 Å². The molecule has 0 nitrogen and oxygen atoms in total. The van der Waals surface area contributed by atoms with E-state index in [1.54, 1.807) is 0 Å². The molecule has 0 heterocycles. The molecule has 13 aromatic rings. The van der Waals surface area contributed by atoms with Gasteiger partial charge in [-0.05, 0) is 266 Å². The van der Waals surface area contributed by atoms with Crippen LogP contribution in [0.3, 0.4) is 0 Å². The Labute approximate surface area is 458 Å². The second-order valence-corrected chi connectivity index (χ2v) is 22.5. The van der Waals surface area contributed by atoms with Gasteiger partial charge in [0.05, 0.1) is 0 Å². The third-order valence-electron chi connectivity index (χ3n) is 18.1. The maximum atomic E-state index is 2.51. The van der Waals surface area contributed by atoms with Crippen LogP contribution in [0.5, 0.6) is 0 Å². The standard InChI is InChI=1S/C78H58/c1-43-21-19-22-44(2)65(43)55-35-33-47(5)67(49(55)7)73-58-32-18-17-31-57(58)69(51-25-11-9-12-26-51)74-59-37-40-62-72-60(38-39-61(71(59)72)76(73)74)75-70(52-27-13-10-14-28-52)63-41-53-29-15-16-30-54(53)42-64(63)78(77(62)75)68-48(6)34-36-56(50(68)8)66-45(3)23-20-24-46(66)4/h9-42H,1-8H3. The first-order chi connectivity index (χ1) is 38.1. The molecule has 2 aliphatic carbocycles. The van der Waals surface area contributed by atoms with Gasteiger partial charge in [-0.15, -0.1) is 0 Å². The van der Waals surface area contributed by atoms with Crippen LogP contribution in [0, 0.1) is 55.4 Å². The molecular weight excluding hydrogens is 937 g/mol. The summed E-state index contributed by atoms with van der Waals surface area (Å²) in [5.41, 5.74) is 36.6. The molecule has 2 aliphatic rings. The van der Waals surface area contributed by atoms with E-state index in [-0.39, 0.29) is 0 Å². The lowest BCUT2D eigenvalue weighted by atomic mass is 9.78. The quantitative estimate of drug-likeness (QED) is 0.146. The minimum Gasteiger partial charge on any atom is -0.0622 e. The van der Waals surface area contributed by atoms with Crippen LogP contribution >= 0.6 is 0 Å². The average Bonchev–Trinajstić information content (AvgIpc) is 4.05. The van der Waals surface area contributed by atoms with Crippen molar-refractivity contribution in [2.24, 2.45) is 0 Å². The molecule has 0 N–H and O–H groups in total. The fourth-order valence-corrected chi connectivity index (χ4v) is 14.8. The van der Waals surface area contributed by atoms with Crippen molar-refractivity contribution in [1.82, 2.24) is 0 Å². The van der Waals surface area contributed by atoms with Crippen LogP contribution in [0.25, 0.3) is 154 Å². The highest BCUT2D eigenvalue weighted by Gasteiger charge is 2.38.